The normalized spacial score (nSPS) is 14.9. The average molecular weight is 834 g/mol. The first kappa shape index (κ1) is 35.5. The van der Waals surface area contributed by atoms with Crippen molar-refractivity contribution in [2.24, 2.45) is 0 Å². The molecule has 5 heterocycles. The maximum atomic E-state index is 5.34. The molecule has 12 aromatic rings. The molecule has 14 rings (SSSR count). The molecule has 0 fully saturated rings. The monoisotopic (exact) mass is 833 g/mol. The molecular formula is C58H35N5S. The van der Waals surface area contributed by atoms with Crippen molar-refractivity contribution in [3.05, 3.63) is 235 Å². The molecule has 5 nitrogen and oxygen atoms in total. The second kappa shape index (κ2) is 13.5. The van der Waals surface area contributed by atoms with Crippen molar-refractivity contribution in [1.82, 2.24) is 24.1 Å². The first-order valence-electron chi connectivity index (χ1n) is 21.7. The van der Waals surface area contributed by atoms with E-state index in [0.717, 1.165) is 33.1 Å². The van der Waals surface area contributed by atoms with E-state index in [4.69, 9.17) is 15.0 Å². The van der Waals surface area contributed by atoms with Crippen molar-refractivity contribution >= 4 is 55.4 Å². The summed E-state index contributed by atoms with van der Waals surface area (Å²) in [5.74, 6) is 1.83. The van der Waals surface area contributed by atoms with E-state index in [0.29, 0.717) is 17.6 Å². The van der Waals surface area contributed by atoms with E-state index in [2.05, 4.69) is 197 Å². The van der Waals surface area contributed by atoms with Gasteiger partial charge in [-0.3, -0.25) is 4.57 Å². The van der Waals surface area contributed by atoms with Crippen molar-refractivity contribution in [2.45, 2.75) is 15.2 Å². The third kappa shape index (κ3) is 4.83. The third-order valence-electron chi connectivity index (χ3n) is 13.5. The van der Waals surface area contributed by atoms with Gasteiger partial charge in [0.25, 0.3) is 0 Å². The standard InChI is InChI=1S/C58H35N5S/c1-3-16-36(17-4-1)37-30-32-39(33-31-37)56-59-55(38-18-5-2-6-19-38)60-57(61-56)63-48-27-12-8-21-42(48)52-50(63)35-34-46-54(52)64-51-29-14-10-24-44(51)58(46)43-23-9-13-28-49(43)62-47-26-11-7-20-40(47)41-22-15-25-45(58)53(41)62/h1-35H. The summed E-state index contributed by atoms with van der Waals surface area (Å²) in [4.78, 5) is 18.3. The molecule has 3 aromatic heterocycles. The van der Waals surface area contributed by atoms with Gasteiger partial charge in [-0.2, -0.15) is 9.97 Å². The first-order chi connectivity index (χ1) is 31.8. The van der Waals surface area contributed by atoms with E-state index in [1.165, 1.54) is 70.5 Å². The maximum absolute atomic E-state index is 5.34. The average Bonchev–Trinajstić information content (AvgIpc) is 3.90. The molecule has 0 amide bonds. The number of fused-ring (bicyclic) bond motifs is 15. The fraction of sp³-hybridized carbons (Fsp3) is 0.0172. The Balaban J connectivity index is 1.06. The summed E-state index contributed by atoms with van der Waals surface area (Å²) >= 11 is 1.88. The zero-order valence-corrected chi connectivity index (χ0v) is 35.2. The Labute approximate surface area is 373 Å². The molecular weight excluding hydrogens is 799 g/mol. The smallest absolute Gasteiger partial charge is 0.238 e. The molecule has 0 saturated heterocycles. The fourth-order valence-corrected chi connectivity index (χ4v) is 12.1. The number of nitrogens with zero attached hydrogens (tertiary/aromatic N) is 5. The van der Waals surface area contributed by atoms with E-state index < -0.39 is 5.41 Å². The summed E-state index contributed by atoms with van der Waals surface area (Å²) in [6, 6.07) is 76.6. The van der Waals surface area contributed by atoms with Crippen molar-refractivity contribution in [3.63, 3.8) is 0 Å². The van der Waals surface area contributed by atoms with Gasteiger partial charge in [0.15, 0.2) is 11.6 Å². The molecule has 0 N–H and O–H groups in total. The minimum absolute atomic E-state index is 0.579. The SMILES string of the molecule is c1ccc(-c2ccc(-c3nc(-c4ccccc4)nc(-n4c5ccccc5c5c6c(ccc54)C4(c5ccccc5S6)c5ccccc5-n5c6ccccc6c6cccc4c65)n3)cc2)cc1. The van der Waals surface area contributed by atoms with Gasteiger partial charge in [0.05, 0.1) is 33.2 Å². The number of benzene rings is 9. The quantitative estimate of drug-likeness (QED) is 0.177. The minimum atomic E-state index is -0.595. The summed E-state index contributed by atoms with van der Waals surface area (Å²) in [7, 11) is 0. The van der Waals surface area contributed by atoms with Gasteiger partial charge < -0.3 is 4.57 Å². The maximum Gasteiger partial charge on any atom is 0.238 e. The van der Waals surface area contributed by atoms with Crippen LogP contribution in [0.15, 0.2) is 222 Å². The van der Waals surface area contributed by atoms with Crippen LogP contribution in [0.5, 0.6) is 0 Å². The summed E-state index contributed by atoms with van der Waals surface area (Å²) in [5.41, 5.74) is 14.5. The lowest BCUT2D eigenvalue weighted by Crippen LogP contribution is -2.37. The van der Waals surface area contributed by atoms with Gasteiger partial charge >= 0.3 is 0 Å². The van der Waals surface area contributed by atoms with Gasteiger partial charge in [-0.25, -0.2) is 4.98 Å². The van der Waals surface area contributed by atoms with E-state index in [1.54, 1.807) is 0 Å². The lowest BCUT2D eigenvalue weighted by atomic mass is 9.62. The number of hydrogen-bond acceptors (Lipinski definition) is 4. The number of rotatable bonds is 4. The fourth-order valence-electron chi connectivity index (χ4n) is 10.8. The highest BCUT2D eigenvalue weighted by Crippen LogP contribution is 2.62. The Hall–Kier alpha value is -8.06. The van der Waals surface area contributed by atoms with Gasteiger partial charge in [0, 0.05) is 42.5 Å². The highest BCUT2D eigenvalue weighted by Gasteiger charge is 2.50. The molecule has 1 spiro atoms. The van der Waals surface area contributed by atoms with Crippen LogP contribution in [0.25, 0.3) is 89.2 Å². The molecule has 0 radical (unpaired) electrons. The van der Waals surface area contributed by atoms with E-state index in [-0.39, 0.29) is 0 Å². The number of para-hydroxylation sites is 4. The molecule has 2 aliphatic heterocycles. The van der Waals surface area contributed by atoms with Gasteiger partial charge in [0.1, 0.15) is 0 Å². The topological polar surface area (TPSA) is 48.5 Å². The predicted molar refractivity (Wildman–Crippen MR) is 261 cm³/mol. The Bertz CT molecular complexity index is 3870. The van der Waals surface area contributed by atoms with Crippen molar-refractivity contribution in [2.75, 3.05) is 0 Å². The molecule has 298 valence electrons. The molecule has 0 saturated carbocycles. The van der Waals surface area contributed by atoms with Crippen LogP contribution >= 0.6 is 11.8 Å². The van der Waals surface area contributed by atoms with Crippen molar-refractivity contribution in [3.8, 4) is 45.5 Å². The number of hydrogen-bond donors (Lipinski definition) is 0. The zero-order chi connectivity index (χ0) is 41.9. The molecule has 9 aromatic carbocycles. The lowest BCUT2D eigenvalue weighted by Gasteiger charge is -2.45. The second-order valence-electron chi connectivity index (χ2n) is 16.7. The summed E-state index contributed by atoms with van der Waals surface area (Å²) < 4.78 is 4.76. The minimum Gasteiger partial charge on any atom is -0.309 e. The van der Waals surface area contributed by atoms with Crippen LogP contribution in [0.3, 0.4) is 0 Å². The highest BCUT2D eigenvalue weighted by molar-refractivity contribution is 7.99. The van der Waals surface area contributed by atoms with Crippen LogP contribution in [0.1, 0.15) is 22.3 Å². The van der Waals surface area contributed by atoms with Crippen LogP contribution in [0.2, 0.25) is 0 Å². The van der Waals surface area contributed by atoms with Gasteiger partial charge in [0.2, 0.25) is 5.95 Å². The Morgan fingerprint density at radius 1 is 0.359 bits per heavy atom. The van der Waals surface area contributed by atoms with Crippen molar-refractivity contribution < 1.29 is 0 Å². The molecule has 6 heteroatoms. The molecule has 1 atom stereocenters. The summed E-state index contributed by atoms with van der Waals surface area (Å²) in [6.07, 6.45) is 0. The van der Waals surface area contributed by atoms with Crippen LogP contribution < -0.4 is 0 Å². The van der Waals surface area contributed by atoms with Gasteiger partial charge in [-0.05, 0) is 63.7 Å². The van der Waals surface area contributed by atoms with Gasteiger partial charge in [-0.1, -0.05) is 194 Å². The number of aromatic nitrogens is 5. The summed E-state index contributed by atoms with van der Waals surface area (Å²) in [6.45, 7) is 0. The van der Waals surface area contributed by atoms with Crippen LogP contribution in [0.4, 0.5) is 0 Å². The molecule has 64 heavy (non-hydrogen) atoms. The first-order valence-corrected chi connectivity index (χ1v) is 22.5. The second-order valence-corrected chi connectivity index (χ2v) is 17.8. The Kier molecular flexibility index (Phi) is 7.48. The Morgan fingerprint density at radius 3 is 1.70 bits per heavy atom. The molecule has 0 aliphatic carbocycles. The Morgan fingerprint density at radius 2 is 0.922 bits per heavy atom. The molecule has 2 aliphatic rings. The zero-order valence-electron chi connectivity index (χ0n) is 34.4. The largest absolute Gasteiger partial charge is 0.309 e. The predicted octanol–water partition coefficient (Wildman–Crippen LogP) is 14.2. The van der Waals surface area contributed by atoms with Crippen molar-refractivity contribution in [1.29, 1.82) is 0 Å². The highest BCUT2D eigenvalue weighted by atomic mass is 32.2. The van der Waals surface area contributed by atoms with Crippen LogP contribution in [0, 0.1) is 0 Å². The van der Waals surface area contributed by atoms with Crippen LogP contribution in [-0.4, -0.2) is 24.1 Å². The molecule has 1 unspecified atom stereocenters. The van der Waals surface area contributed by atoms with Crippen LogP contribution in [-0.2, 0) is 5.41 Å². The summed E-state index contributed by atoms with van der Waals surface area (Å²) in [5, 5.41) is 4.88. The van der Waals surface area contributed by atoms with E-state index >= 15 is 0 Å². The van der Waals surface area contributed by atoms with Gasteiger partial charge in [-0.15, -0.1) is 0 Å². The van der Waals surface area contributed by atoms with E-state index in [9.17, 15) is 0 Å². The lowest BCUT2D eigenvalue weighted by molar-refractivity contribution is 0.692. The molecule has 0 bridgehead atoms. The third-order valence-corrected chi connectivity index (χ3v) is 14.7. The van der Waals surface area contributed by atoms with E-state index in [1.807, 2.05) is 36.0 Å².